The topological polar surface area (TPSA) is 12.5 Å². The molecular weight excluding hydrogens is 266 g/mol. The Kier molecular flexibility index (Phi) is 2.90. The quantitative estimate of drug-likeness (QED) is 0.826. The lowest BCUT2D eigenvalue weighted by atomic mass is 9.92. The van der Waals surface area contributed by atoms with Gasteiger partial charge in [0.15, 0.2) is 0 Å². The first-order valence-electron chi connectivity index (χ1n) is 5.97. The smallest absolute Gasteiger partial charge is 0.122 e. The highest BCUT2D eigenvalue weighted by Crippen LogP contribution is 2.36. The number of halogens is 1. The van der Waals surface area contributed by atoms with Crippen LogP contribution in [0, 0.1) is 0 Å². The van der Waals surface area contributed by atoms with Crippen LogP contribution in [-0.4, -0.2) is 31.1 Å². The molecule has 0 bridgehead atoms. The molecule has 2 heterocycles. The van der Waals surface area contributed by atoms with Gasteiger partial charge in [-0.1, -0.05) is 15.9 Å². The first-order valence-corrected chi connectivity index (χ1v) is 6.77. The maximum atomic E-state index is 5.70. The third-order valence-electron chi connectivity index (χ3n) is 3.56. The van der Waals surface area contributed by atoms with Gasteiger partial charge in [-0.05, 0) is 49.7 Å². The first-order chi connectivity index (χ1) is 7.83. The normalized spacial score (nSPS) is 24.4. The predicted molar refractivity (Wildman–Crippen MR) is 68.1 cm³/mol. The molecule has 86 valence electrons. The fourth-order valence-corrected chi connectivity index (χ4v) is 2.88. The summed E-state index contributed by atoms with van der Waals surface area (Å²) in [5.41, 5.74) is 1.38. The van der Waals surface area contributed by atoms with Crippen LogP contribution in [0.2, 0.25) is 0 Å². The third kappa shape index (κ3) is 1.98. The predicted octanol–water partition coefficient (Wildman–Crippen LogP) is 3.02. The number of nitrogens with zero attached hydrogens (tertiary/aromatic N) is 1. The minimum atomic E-state index is 0.654. The molecule has 0 saturated carbocycles. The van der Waals surface area contributed by atoms with Gasteiger partial charge in [-0.25, -0.2) is 0 Å². The van der Waals surface area contributed by atoms with Gasteiger partial charge < -0.3 is 9.64 Å². The van der Waals surface area contributed by atoms with Gasteiger partial charge in [-0.15, -0.1) is 0 Å². The third-order valence-corrected chi connectivity index (χ3v) is 4.06. The minimum absolute atomic E-state index is 0.654. The SMILES string of the molecule is Brc1ccc2c(c1)C(CN1CCC1)CCO2. The van der Waals surface area contributed by atoms with E-state index in [-0.39, 0.29) is 0 Å². The Hall–Kier alpha value is -0.540. The van der Waals surface area contributed by atoms with Crippen molar-refractivity contribution >= 4 is 15.9 Å². The molecule has 2 nitrogen and oxygen atoms in total. The minimum Gasteiger partial charge on any atom is -0.493 e. The zero-order valence-corrected chi connectivity index (χ0v) is 10.9. The van der Waals surface area contributed by atoms with E-state index in [4.69, 9.17) is 4.74 Å². The second kappa shape index (κ2) is 4.38. The molecule has 1 aromatic rings. The number of hydrogen-bond donors (Lipinski definition) is 0. The molecule has 2 aliphatic rings. The van der Waals surface area contributed by atoms with Crippen LogP contribution in [-0.2, 0) is 0 Å². The summed E-state index contributed by atoms with van der Waals surface area (Å²) in [4.78, 5) is 2.54. The van der Waals surface area contributed by atoms with E-state index in [9.17, 15) is 0 Å². The molecule has 3 rings (SSSR count). The molecule has 1 unspecified atom stereocenters. The maximum Gasteiger partial charge on any atom is 0.122 e. The number of ether oxygens (including phenoxy) is 1. The lowest BCUT2D eigenvalue weighted by Gasteiger charge is -2.36. The second-order valence-electron chi connectivity index (χ2n) is 4.67. The summed E-state index contributed by atoms with van der Waals surface area (Å²) < 4.78 is 6.86. The van der Waals surface area contributed by atoms with Gasteiger partial charge in [0.2, 0.25) is 0 Å². The Morgan fingerprint density at radius 1 is 1.38 bits per heavy atom. The Labute approximate surface area is 105 Å². The molecule has 0 aromatic heterocycles. The van der Waals surface area contributed by atoms with Crippen molar-refractivity contribution in [3.63, 3.8) is 0 Å². The summed E-state index contributed by atoms with van der Waals surface area (Å²) in [5, 5.41) is 0. The molecule has 1 fully saturated rings. The van der Waals surface area contributed by atoms with Crippen molar-refractivity contribution in [1.29, 1.82) is 0 Å². The van der Waals surface area contributed by atoms with Gasteiger partial charge in [-0.3, -0.25) is 0 Å². The van der Waals surface area contributed by atoms with E-state index in [0.29, 0.717) is 5.92 Å². The highest BCUT2D eigenvalue weighted by Gasteiger charge is 2.25. The molecule has 1 atom stereocenters. The highest BCUT2D eigenvalue weighted by molar-refractivity contribution is 9.10. The molecule has 0 amide bonds. The van der Waals surface area contributed by atoms with Crippen LogP contribution in [0.15, 0.2) is 22.7 Å². The number of hydrogen-bond acceptors (Lipinski definition) is 2. The number of benzene rings is 1. The summed E-state index contributed by atoms with van der Waals surface area (Å²) in [6.07, 6.45) is 2.52. The van der Waals surface area contributed by atoms with Gasteiger partial charge in [0.1, 0.15) is 5.75 Å². The largest absolute Gasteiger partial charge is 0.493 e. The molecule has 1 saturated heterocycles. The molecule has 1 aromatic carbocycles. The van der Waals surface area contributed by atoms with E-state index in [2.05, 4.69) is 39.0 Å². The van der Waals surface area contributed by atoms with E-state index in [1.54, 1.807) is 0 Å². The average molecular weight is 282 g/mol. The van der Waals surface area contributed by atoms with Crippen molar-refractivity contribution in [2.24, 2.45) is 0 Å². The fraction of sp³-hybridized carbons (Fsp3) is 0.538. The standard InChI is InChI=1S/C13H16BrNO/c14-11-2-3-13-12(8-11)10(4-7-16-13)9-15-5-1-6-15/h2-3,8,10H,1,4-7,9H2. The summed E-state index contributed by atoms with van der Waals surface area (Å²) >= 11 is 3.55. The number of likely N-dealkylation sites (tertiary alicyclic amines) is 1. The zero-order chi connectivity index (χ0) is 11.0. The Bertz CT molecular complexity index is 390. The maximum absolute atomic E-state index is 5.70. The Morgan fingerprint density at radius 2 is 2.25 bits per heavy atom. The van der Waals surface area contributed by atoms with Crippen molar-refractivity contribution in [2.75, 3.05) is 26.2 Å². The summed E-state index contributed by atoms with van der Waals surface area (Å²) in [6.45, 7) is 4.63. The molecule has 0 radical (unpaired) electrons. The molecule has 16 heavy (non-hydrogen) atoms. The van der Waals surface area contributed by atoms with Gasteiger partial charge >= 0.3 is 0 Å². The van der Waals surface area contributed by atoms with Crippen molar-refractivity contribution in [3.8, 4) is 5.75 Å². The summed E-state index contributed by atoms with van der Waals surface area (Å²) in [5.74, 6) is 1.74. The summed E-state index contributed by atoms with van der Waals surface area (Å²) in [7, 11) is 0. The van der Waals surface area contributed by atoms with E-state index in [1.165, 1.54) is 31.6 Å². The average Bonchev–Trinajstić information content (AvgIpc) is 2.23. The second-order valence-corrected chi connectivity index (χ2v) is 5.59. The van der Waals surface area contributed by atoms with E-state index >= 15 is 0 Å². The monoisotopic (exact) mass is 281 g/mol. The van der Waals surface area contributed by atoms with Crippen LogP contribution >= 0.6 is 15.9 Å². The van der Waals surface area contributed by atoms with E-state index in [1.807, 2.05) is 0 Å². The van der Waals surface area contributed by atoms with Crippen molar-refractivity contribution in [1.82, 2.24) is 4.90 Å². The van der Waals surface area contributed by atoms with Crippen LogP contribution in [0.25, 0.3) is 0 Å². The first kappa shape index (κ1) is 10.6. The summed E-state index contributed by atoms with van der Waals surface area (Å²) in [6, 6.07) is 6.37. The Balaban J connectivity index is 1.83. The van der Waals surface area contributed by atoms with Gasteiger partial charge in [0.05, 0.1) is 6.61 Å². The zero-order valence-electron chi connectivity index (χ0n) is 9.29. The number of rotatable bonds is 2. The van der Waals surface area contributed by atoms with Crippen molar-refractivity contribution < 1.29 is 4.74 Å². The Morgan fingerprint density at radius 3 is 3.00 bits per heavy atom. The molecule has 2 aliphatic heterocycles. The van der Waals surface area contributed by atoms with E-state index in [0.717, 1.165) is 23.2 Å². The fourth-order valence-electron chi connectivity index (χ4n) is 2.50. The molecule has 0 spiro atoms. The molecule has 0 N–H and O–H groups in total. The molecular formula is C13H16BrNO. The van der Waals surface area contributed by atoms with Gasteiger partial charge in [0, 0.05) is 16.9 Å². The van der Waals surface area contributed by atoms with Crippen molar-refractivity contribution in [2.45, 2.75) is 18.8 Å². The van der Waals surface area contributed by atoms with Gasteiger partial charge in [-0.2, -0.15) is 0 Å². The van der Waals surface area contributed by atoms with E-state index < -0.39 is 0 Å². The van der Waals surface area contributed by atoms with Crippen LogP contribution in [0.3, 0.4) is 0 Å². The lowest BCUT2D eigenvalue weighted by molar-refractivity contribution is 0.152. The highest BCUT2D eigenvalue weighted by atomic mass is 79.9. The molecule has 3 heteroatoms. The van der Waals surface area contributed by atoms with Gasteiger partial charge in [0.25, 0.3) is 0 Å². The lowest BCUT2D eigenvalue weighted by Crippen LogP contribution is -2.40. The van der Waals surface area contributed by atoms with Crippen LogP contribution in [0.1, 0.15) is 24.3 Å². The van der Waals surface area contributed by atoms with Crippen molar-refractivity contribution in [3.05, 3.63) is 28.2 Å². The molecule has 0 aliphatic carbocycles. The number of fused-ring (bicyclic) bond motifs is 1. The van der Waals surface area contributed by atoms with Crippen LogP contribution in [0.4, 0.5) is 0 Å². The van der Waals surface area contributed by atoms with Crippen LogP contribution in [0.5, 0.6) is 5.75 Å². The van der Waals surface area contributed by atoms with Crippen LogP contribution < -0.4 is 4.74 Å².